The molecule has 0 aliphatic carbocycles. The molecule has 0 fully saturated rings. The van der Waals surface area contributed by atoms with Crippen molar-refractivity contribution >= 4 is 0 Å². The van der Waals surface area contributed by atoms with Gasteiger partial charge in [0, 0.05) is 6.20 Å². The van der Waals surface area contributed by atoms with Gasteiger partial charge in [-0.15, -0.1) is 0 Å². The Hall–Kier alpha value is -1.64. The first kappa shape index (κ1) is 10.9. The van der Waals surface area contributed by atoms with E-state index in [9.17, 15) is 4.39 Å². The van der Waals surface area contributed by atoms with Gasteiger partial charge in [-0.2, -0.15) is 5.10 Å². The fraction of sp³-hybridized carbons (Fsp3) is 0.308. The molecule has 0 unspecified atom stereocenters. The third-order valence-electron chi connectivity index (χ3n) is 2.52. The van der Waals surface area contributed by atoms with E-state index >= 15 is 0 Å². The lowest BCUT2D eigenvalue weighted by Crippen LogP contribution is -2.09. The van der Waals surface area contributed by atoms with Crippen LogP contribution < -0.4 is 0 Å². The lowest BCUT2D eigenvalue weighted by atomic mass is 9.90. The molecule has 0 aliphatic heterocycles. The van der Waals surface area contributed by atoms with Gasteiger partial charge in [0.15, 0.2) is 0 Å². The summed E-state index contributed by atoms with van der Waals surface area (Å²) in [6.07, 6.45) is 3.76. The molecule has 1 heterocycles. The Morgan fingerprint density at radius 2 is 2.00 bits per heavy atom. The Labute approximate surface area is 94.7 Å². The molecular weight excluding hydrogens is 203 g/mol. The number of halogens is 1. The van der Waals surface area contributed by atoms with Crippen molar-refractivity contribution in [3.8, 4) is 5.69 Å². The van der Waals surface area contributed by atoms with Crippen LogP contribution in [0.3, 0.4) is 0 Å². The summed E-state index contributed by atoms with van der Waals surface area (Å²) in [6.45, 7) is 6.37. The largest absolute Gasteiger partial charge is 0.241 e. The maximum absolute atomic E-state index is 13.1. The first-order valence-electron chi connectivity index (χ1n) is 5.28. The van der Waals surface area contributed by atoms with Crippen LogP contribution in [0.25, 0.3) is 5.69 Å². The van der Waals surface area contributed by atoms with Gasteiger partial charge < -0.3 is 0 Å². The Morgan fingerprint density at radius 3 is 2.56 bits per heavy atom. The number of nitrogens with zero attached hydrogens (tertiary/aromatic N) is 2. The van der Waals surface area contributed by atoms with Gasteiger partial charge in [0.05, 0.1) is 11.9 Å². The first-order chi connectivity index (χ1) is 7.47. The molecule has 16 heavy (non-hydrogen) atoms. The maximum Gasteiger partial charge on any atom is 0.125 e. The third kappa shape index (κ3) is 2.13. The summed E-state index contributed by atoms with van der Waals surface area (Å²) >= 11 is 0. The van der Waals surface area contributed by atoms with Crippen molar-refractivity contribution in [1.29, 1.82) is 0 Å². The normalized spacial score (nSPS) is 11.8. The average molecular weight is 218 g/mol. The first-order valence-corrected chi connectivity index (χ1v) is 5.28. The van der Waals surface area contributed by atoms with Gasteiger partial charge in [0.2, 0.25) is 0 Å². The van der Waals surface area contributed by atoms with Crippen molar-refractivity contribution in [1.82, 2.24) is 9.78 Å². The van der Waals surface area contributed by atoms with E-state index in [1.807, 2.05) is 18.5 Å². The molecule has 0 bridgehead atoms. The Kier molecular flexibility index (Phi) is 2.54. The summed E-state index contributed by atoms with van der Waals surface area (Å²) in [5.74, 6) is -0.245. The molecule has 0 saturated carbocycles. The number of aromatic nitrogens is 2. The summed E-state index contributed by atoms with van der Waals surface area (Å²) in [6, 6.07) is 6.42. The Bertz CT molecular complexity index is 495. The van der Waals surface area contributed by atoms with E-state index in [4.69, 9.17) is 0 Å². The van der Waals surface area contributed by atoms with E-state index in [1.54, 1.807) is 10.7 Å². The molecule has 0 saturated heterocycles. The number of benzene rings is 1. The summed E-state index contributed by atoms with van der Waals surface area (Å²) < 4.78 is 14.8. The number of hydrogen-bond acceptors (Lipinski definition) is 1. The van der Waals surface area contributed by atoms with E-state index in [2.05, 4.69) is 25.9 Å². The second-order valence-electron chi connectivity index (χ2n) is 4.90. The highest BCUT2D eigenvalue weighted by Gasteiger charge is 2.15. The van der Waals surface area contributed by atoms with Crippen LogP contribution in [0.15, 0.2) is 36.7 Å². The molecule has 0 spiro atoms. The molecule has 2 aromatic rings. The summed E-state index contributed by atoms with van der Waals surface area (Å²) in [5.41, 5.74) is 1.94. The van der Waals surface area contributed by atoms with Gasteiger partial charge in [-0.3, -0.25) is 0 Å². The Morgan fingerprint density at radius 1 is 1.25 bits per heavy atom. The lowest BCUT2D eigenvalue weighted by molar-refractivity contribution is 0.590. The van der Waals surface area contributed by atoms with Crippen LogP contribution in [0.5, 0.6) is 0 Å². The average Bonchev–Trinajstić information content (AvgIpc) is 2.65. The molecule has 0 aliphatic rings. The monoisotopic (exact) mass is 218 g/mol. The van der Waals surface area contributed by atoms with Crippen molar-refractivity contribution in [2.75, 3.05) is 0 Å². The van der Waals surface area contributed by atoms with Gasteiger partial charge in [-0.25, -0.2) is 9.07 Å². The molecular formula is C13H15FN2. The predicted octanol–water partition coefficient (Wildman–Crippen LogP) is 3.31. The minimum absolute atomic E-state index is 0.0611. The van der Waals surface area contributed by atoms with Crippen LogP contribution in [-0.2, 0) is 5.41 Å². The van der Waals surface area contributed by atoms with Crippen molar-refractivity contribution < 1.29 is 4.39 Å². The van der Waals surface area contributed by atoms with Crippen LogP contribution in [0.2, 0.25) is 0 Å². The topological polar surface area (TPSA) is 17.8 Å². The molecule has 1 aromatic carbocycles. The zero-order valence-corrected chi connectivity index (χ0v) is 9.74. The molecule has 2 nitrogen and oxygen atoms in total. The van der Waals surface area contributed by atoms with Crippen molar-refractivity contribution in [3.05, 3.63) is 48.0 Å². The maximum atomic E-state index is 13.1. The highest BCUT2D eigenvalue weighted by atomic mass is 19.1. The van der Waals surface area contributed by atoms with Crippen LogP contribution in [0.1, 0.15) is 26.3 Å². The lowest BCUT2D eigenvalue weighted by Gasteiger charge is -2.14. The van der Waals surface area contributed by atoms with Crippen molar-refractivity contribution in [3.63, 3.8) is 0 Å². The Balaban J connectivity index is 2.39. The van der Waals surface area contributed by atoms with Crippen molar-refractivity contribution in [2.45, 2.75) is 26.2 Å². The van der Waals surface area contributed by atoms with Crippen molar-refractivity contribution in [2.24, 2.45) is 0 Å². The third-order valence-corrected chi connectivity index (χ3v) is 2.52. The summed E-state index contributed by atoms with van der Waals surface area (Å²) in [5, 5.41) is 4.24. The molecule has 1 aromatic heterocycles. The highest BCUT2D eigenvalue weighted by Crippen LogP contribution is 2.22. The molecule has 3 heteroatoms. The minimum Gasteiger partial charge on any atom is -0.241 e. The van der Waals surface area contributed by atoms with Crippen LogP contribution in [-0.4, -0.2) is 9.78 Å². The predicted molar refractivity (Wildman–Crippen MR) is 62.2 cm³/mol. The van der Waals surface area contributed by atoms with Crippen LogP contribution in [0.4, 0.5) is 4.39 Å². The molecule has 0 N–H and O–H groups in total. The van der Waals surface area contributed by atoms with Gasteiger partial charge >= 0.3 is 0 Å². The quantitative estimate of drug-likeness (QED) is 0.718. The van der Waals surface area contributed by atoms with E-state index in [0.29, 0.717) is 0 Å². The van der Waals surface area contributed by atoms with E-state index < -0.39 is 0 Å². The van der Waals surface area contributed by atoms with Gasteiger partial charge in [0.25, 0.3) is 0 Å². The second kappa shape index (κ2) is 3.74. The summed E-state index contributed by atoms with van der Waals surface area (Å²) in [7, 11) is 0. The molecule has 0 radical (unpaired) electrons. The number of hydrogen-bond donors (Lipinski definition) is 0. The van der Waals surface area contributed by atoms with E-state index in [1.165, 1.54) is 12.1 Å². The van der Waals surface area contributed by atoms with Gasteiger partial charge in [-0.05, 0) is 29.2 Å². The molecule has 0 amide bonds. The van der Waals surface area contributed by atoms with E-state index in [-0.39, 0.29) is 11.2 Å². The fourth-order valence-corrected chi connectivity index (χ4v) is 1.47. The van der Waals surface area contributed by atoms with Gasteiger partial charge in [-0.1, -0.05) is 26.8 Å². The van der Waals surface area contributed by atoms with E-state index in [0.717, 1.165) is 11.3 Å². The molecule has 84 valence electrons. The smallest absolute Gasteiger partial charge is 0.125 e. The zero-order valence-electron chi connectivity index (χ0n) is 9.74. The summed E-state index contributed by atoms with van der Waals surface area (Å²) in [4.78, 5) is 0. The SMILES string of the molecule is CC(C)(C)c1cnn(-c2cccc(F)c2)c1. The van der Waals surface area contributed by atoms with Crippen LogP contribution >= 0.6 is 0 Å². The second-order valence-corrected chi connectivity index (χ2v) is 4.90. The molecule has 2 rings (SSSR count). The molecule has 0 atom stereocenters. The number of rotatable bonds is 1. The standard InChI is InChI=1S/C13H15FN2/c1-13(2,3)10-8-15-16(9-10)12-6-4-5-11(14)7-12/h4-9H,1-3H3. The zero-order chi connectivity index (χ0) is 11.8. The van der Waals surface area contributed by atoms with Gasteiger partial charge in [0.1, 0.15) is 5.82 Å². The van der Waals surface area contributed by atoms with Crippen LogP contribution in [0, 0.1) is 5.82 Å². The minimum atomic E-state index is -0.245. The highest BCUT2D eigenvalue weighted by molar-refractivity contribution is 5.32. The fourth-order valence-electron chi connectivity index (χ4n) is 1.47.